The minimum Gasteiger partial charge on any atom is -0.406 e. The number of carbonyl (C=O) groups excluding carboxylic acids is 1. The Morgan fingerprint density at radius 1 is 1.09 bits per heavy atom. The van der Waals surface area contributed by atoms with Crippen LogP contribution in [0, 0.1) is 0 Å². The molecule has 3 nitrogen and oxygen atoms in total. The second-order valence-electron chi connectivity index (χ2n) is 4.82. The molecule has 2 aromatic rings. The molecular formula is C16H9ClF3NO2. The van der Waals surface area contributed by atoms with Gasteiger partial charge in [-0.05, 0) is 35.9 Å². The van der Waals surface area contributed by atoms with Crippen LogP contribution in [0.4, 0.5) is 18.9 Å². The zero-order valence-electron chi connectivity index (χ0n) is 11.4. The van der Waals surface area contributed by atoms with Crippen molar-refractivity contribution in [2.75, 3.05) is 5.32 Å². The molecule has 118 valence electrons. The maximum atomic E-state index is 12.1. The lowest BCUT2D eigenvalue weighted by Gasteiger charge is -2.08. The summed E-state index contributed by atoms with van der Waals surface area (Å²) < 4.78 is 40.2. The third-order valence-electron chi connectivity index (χ3n) is 3.19. The Hall–Kier alpha value is -2.47. The van der Waals surface area contributed by atoms with E-state index in [0.717, 1.165) is 0 Å². The van der Waals surface area contributed by atoms with Crippen molar-refractivity contribution in [2.24, 2.45) is 0 Å². The average molecular weight is 340 g/mol. The molecule has 0 saturated heterocycles. The second-order valence-corrected chi connectivity index (χ2v) is 5.26. The molecule has 1 aliphatic rings. The molecule has 0 saturated carbocycles. The van der Waals surface area contributed by atoms with E-state index in [1.54, 1.807) is 24.3 Å². The van der Waals surface area contributed by atoms with Crippen LogP contribution < -0.4 is 10.1 Å². The van der Waals surface area contributed by atoms with Gasteiger partial charge in [-0.15, -0.1) is 13.2 Å². The number of hydrogen-bond acceptors (Lipinski definition) is 2. The zero-order chi connectivity index (χ0) is 16.6. The van der Waals surface area contributed by atoms with E-state index in [1.165, 1.54) is 24.3 Å². The topological polar surface area (TPSA) is 38.3 Å². The van der Waals surface area contributed by atoms with Crippen molar-refractivity contribution in [3.8, 4) is 5.75 Å². The maximum absolute atomic E-state index is 12.1. The van der Waals surface area contributed by atoms with Gasteiger partial charge < -0.3 is 10.1 Å². The molecule has 1 amide bonds. The molecule has 0 spiro atoms. The molecule has 1 heterocycles. The van der Waals surface area contributed by atoms with Gasteiger partial charge in [0.1, 0.15) is 5.75 Å². The number of amides is 1. The van der Waals surface area contributed by atoms with Crippen molar-refractivity contribution in [1.82, 2.24) is 0 Å². The molecule has 0 unspecified atom stereocenters. The van der Waals surface area contributed by atoms with Crippen LogP contribution in [-0.2, 0) is 4.79 Å². The van der Waals surface area contributed by atoms with Gasteiger partial charge in [-0.2, -0.15) is 0 Å². The van der Waals surface area contributed by atoms with Gasteiger partial charge in [0.2, 0.25) is 0 Å². The summed E-state index contributed by atoms with van der Waals surface area (Å²) in [6, 6.07) is 10.3. The molecule has 0 atom stereocenters. The quantitative estimate of drug-likeness (QED) is 0.803. The Bertz CT molecular complexity index is 798. The molecule has 0 radical (unpaired) electrons. The van der Waals surface area contributed by atoms with E-state index in [2.05, 4.69) is 10.1 Å². The van der Waals surface area contributed by atoms with Crippen molar-refractivity contribution >= 4 is 34.8 Å². The summed E-state index contributed by atoms with van der Waals surface area (Å²) in [6.45, 7) is 0. The lowest BCUT2D eigenvalue weighted by atomic mass is 10.0. The molecule has 3 rings (SSSR count). The Morgan fingerprint density at radius 2 is 1.78 bits per heavy atom. The highest BCUT2D eigenvalue weighted by atomic mass is 35.5. The fraction of sp³-hybridized carbons (Fsp3) is 0.0625. The summed E-state index contributed by atoms with van der Waals surface area (Å²) in [5.74, 6) is -0.611. The highest BCUT2D eigenvalue weighted by molar-refractivity contribution is 6.36. The first-order chi connectivity index (χ1) is 10.8. The van der Waals surface area contributed by atoms with Crippen LogP contribution in [0.2, 0.25) is 5.02 Å². The first-order valence-corrected chi connectivity index (χ1v) is 6.88. The molecule has 0 aliphatic carbocycles. The van der Waals surface area contributed by atoms with Gasteiger partial charge in [-0.1, -0.05) is 29.8 Å². The minimum atomic E-state index is -4.73. The summed E-state index contributed by atoms with van der Waals surface area (Å²) in [6.07, 6.45) is -3.14. The van der Waals surface area contributed by atoms with E-state index in [0.29, 0.717) is 27.4 Å². The number of hydrogen-bond donors (Lipinski definition) is 1. The predicted octanol–water partition coefficient (Wildman–Crippen LogP) is 4.73. The molecule has 7 heteroatoms. The summed E-state index contributed by atoms with van der Waals surface area (Å²) in [5, 5.41) is 3.18. The summed E-state index contributed by atoms with van der Waals surface area (Å²) in [7, 11) is 0. The maximum Gasteiger partial charge on any atom is 0.573 e. The van der Waals surface area contributed by atoms with Crippen LogP contribution in [0.1, 0.15) is 11.1 Å². The van der Waals surface area contributed by atoms with E-state index in [1.807, 2.05) is 0 Å². The van der Waals surface area contributed by atoms with Crippen molar-refractivity contribution in [2.45, 2.75) is 6.36 Å². The Morgan fingerprint density at radius 3 is 2.43 bits per heavy atom. The molecule has 2 aromatic carbocycles. The fourth-order valence-electron chi connectivity index (χ4n) is 2.24. The largest absolute Gasteiger partial charge is 0.573 e. The lowest BCUT2D eigenvalue weighted by Crippen LogP contribution is -2.16. The zero-order valence-corrected chi connectivity index (χ0v) is 12.2. The molecule has 23 heavy (non-hydrogen) atoms. The number of benzene rings is 2. The van der Waals surface area contributed by atoms with Crippen molar-refractivity contribution in [3.05, 3.63) is 58.6 Å². The highest BCUT2D eigenvalue weighted by Crippen LogP contribution is 2.35. The van der Waals surface area contributed by atoms with Crippen molar-refractivity contribution < 1.29 is 22.7 Å². The molecular weight excluding hydrogens is 331 g/mol. The monoisotopic (exact) mass is 339 g/mol. The Kier molecular flexibility index (Phi) is 3.77. The van der Waals surface area contributed by atoms with Crippen LogP contribution in [-0.4, -0.2) is 12.3 Å². The van der Waals surface area contributed by atoms with Crippen LogP contribution >= 0.6 is 11.6 Å². The predicted molar refractivity (Wildman–Crippen MR) is 81.1 cm³/mol. The Labute approximate surface area is 134 Å². The number of ether oxygens (including phenoxy) is 1. The van der Waals surface area contributed by atoms with Crippen molar-refractivity contribution in [3.63, 3.8) is 0 Å². The number of rotatable bonds is 2. The van der Waals surface area contributed by atoms with Crippen molar-refractivity contribution in [1.29, 1.82) is 0 Å². The average Bonchev–Trinajstić information content (AvgIpc) is 2.74. The minimum absolute atomic E-state index is 0.294. The SMILES string of the molecule is O=C1Nc2cc(Cl)ccc2/C1=C\c1ccc(OC(F)(F)F)cc1. The first kappa shape index (κ1) is 15.4. The van der Waals surface area contributed by atoms with Gasteiger partial charge in [-0.3, -0.25) is 4.79 Å². The third-order valence-corrected chi connectivity index (χ3v) is 3.42. The number of carbonyl (C=O) groups is 1. The van der Waals surface area contributed by atoms with Crippen LogP contribution in [0.25, 0.3) is 11.6 Å². The van der Waals surface area contributed by atoms with Gasteiger partial charge in [0, 0.05) is 16.2 Å². The van der Waals surface area contributed by atoms with Gasteiger partial charge >= 0.3 is 6.36 Å². The van der Waals surface area contributed by atoms with Crippen LogP contribution in [0.5, 0.6) is 5.75 Å². The standard InChI is InChI=1S/C16H9ClF3NO2/c17-10-3-6-12-13(15(22)21-14(12)8-10)7-9-1-4-11(5-2-9)23-16(18,19)20/h1-8H,(H,21,22)/b13-7+. The van der Waals surface area contributed by atoms with E-state index < -0.39 is 6.36 Å². The number of anilines is 1. The molecule has 0 fully saturated rings. The Balaban J connectivity index is 1.89. The lowest BCUT2D eigenvalue weighted by molar-refractivity contribution is -0.274. The molecule has 1 aliphatic heterocycles. The summed E-state index contributed by atoms with van der Waals surface area (Å²) in [5.41, 5.74) is 2.29. The fourth-order valence-corrected chi connectivity index (χ4v) is 2.41. The molecule has 0 bridgehead atoms. The smallest absolute Gasteiger partial charge is 0.406 e. The second kappa shape index (κ2) is 5.62. The number of nitrogens with one attached hydrogen (secondary N) is 1. The molecule has 1 N–H and O–H groups in total. The highest BCUT2D eigenvalue weighted by Gasteiger charge is 2.31. The van der Waals surface area contributed by atoms with Crippen LogP contribution in [0.15, 0.2) is 42.5 Å². The number of halogens is 4. The van der Waals surface area contributed by atoms with E-state index >= 15 is 0 Å². The van der Waals surface area contributed by atoms with E-state index in [-0.39, 0.29) is 11.7 Å². The summed E-state index contributed by atoms with van der Waals surface area (Å²) in [4.78, 5) is 12.0. The van der Waals surface area contributed by atoms with Gasteiger partial charge in [0.15, 0.2) is 0 Å². The van der Waals surface area contributed by atoms with E-state index in [9.17, 15) is 18.0 Å². The van der Waals surface area contributed by atoms with Gasteiger partial charge in [-0.25, -0.2) is 0 Å². The van der Waals surface area contributed by atoms with E-state index in [4.69, 9.17) is 11.6 Å². The van der Waals surface area contributed by atoms with Gasteiger partial charge in [0.05, 0.1) is 5.69 Å². The third kappa shape index (κ3) is 3.48. The number of fused-ring (bicyclic) bond motifs is 1. The van der Waals surface area contributed by atoms with Crippen LogP contribution in [0.3, 0.4) is 0 Å². The first-order valence-electron chi connectivity index (χ1n) is 6.51. The van der Waals surface area contributed by atoms with Gasteiger partial charge in [0.25, 0.3) is 5.91 Å². The number of alkyl halides is 3. The molecule has 0 aromatic heterocycles. The normalized spacial score (nSPS) is 15.5. The summed E-state index contributed by atoms with van der Waals surface area (Å²) >= 11 is 5.87.